The number of hydrogen-bond donors (Lipinski definition) is 1. The molecule has 0 aliphatic heterocycles. The van der Waals surface area contributed by atoms with Gasteiger partial charge >= 0.3 is 0 Å². The highest BCUT2D eigenvalue weighted by Gasteiger charge is 2.20. The summed E-state index contributed by atoms with van der Waals surface area (Å²) in [6, 6.07) is 5.57. The molecule has 5 heteroatoms. The van der Waals surface area contributed by atoms with Crippen molar-refractivity contribution in [2.24, 2.45) is 0 Å². The first-order chi connectivity index (χ1) is 7.01. The number of nitrogen functional groups attached to an aromatic ring is 1. The topological polar surface area (TPSA) is 52.3 Å². The molecule has 0 aliphatic carbocycles. The first kappa shape index (κ1) is 12.6. The third-order valence-corrected chi connectivity index (χ3v) is 4.93. The molecular formula is C10H16NO2PS. The highest BCUT2D eigenvalue weighted by Crippen LogP contribution is 2.42. The summed E-state index contributed by atoms with van der Waals surface area (Å²) in [4.78, 5) is 1.07. The van der Waals surface area contributed by atoms with E-state index in [1.807, 2.05) is 12.1 Å². The Morgan fingerprint density at radius 2 is 2.20 bits per heavy atom. The van der Waals surface area contributed by atoms with Gasteiger partial charge in [0.05, 0.1) is 5.30 Å². The molecule has 0 aromatic heterocycles. The molecule has 2 N–H and O–H groups in total. The highest BCUT2D eigenvalue weighted by atomic mass is 32.2. The van der Waals surface area contributed by atoms with Crippen molar-refractivity contribution in [3.63, 3.8) is 0 Å². The molecule has 15 heavy (non-hydrogen) atoms. The van der Waals surface area contributed by atoms with Crippen LogP contribution in [0.2, 0.25) is 0 Å². The summed E-state index contributed by atoms with van der Waals surface area (Å²) in [5.74, 6) is 0.977. The van der Waals surface area contributed by atoms with Crippen molar-refractivity contribution in [3.8, 4) is 0 Å². The van der Waals surface area contributed by atoms with Crippen LogP contribution in [0.15, 0.2) is 23.1 Å². The van der Waals surface area contributed by atoms with Crippen molar-refractivity contribution in [2.45, 2.75) is 11.8 Å². The fourth-order valence-electron chi connectivity index (χ4n) is 1.23. The van der Waals surface area contributed by atoms with Gasteiger partial charge in [-0.25, -0.2) is 0 Å². The van der Waals surface area contributed by atoms with Gasteiger partial charge in [-0.1, -0.05) is 6.92 Å². The maximum atomic E-state index is 12.1. The molecule has 0 aliphatic rings. The number of benzene rings is 1. The Bertz CT molecular complexity index is 395. The fraction of sp³-hybridized carbons (Fsp3) is 0.400. The van der Waals surface area contributed by atoms with Crippen molar-refractivity contribution >= 4 is 30.1 Å². The molecule has 0 amide bonds. The minimum absolute atomic E-state index is 0.531. The van der Waals surface area contributed by atoms with Crippen LogP contribution in [0.1, 0.15) is 6.92 Å². The molecular weight excluding hydrogens is 229 g/mol. The summed E-state index contributed by atoms with van der Waals surface area (Å²) < 4.78 is 17.1. The molecule has 0 heterocycles. The second-order valence-electron chi connectivity index (χ2n) is 3.18. The van der Waals surface area contributed by atoms with Gasteiger partial charge in [0, 0.05) is 24.4 Å². The number of rotatable bonds is 4. The average Bonchev–Trinajstić information content (AvgIpc) is 2.21. The monoisotopic (exact) mass is 245 g/mol. The maximum absolute atomic E-state index is 12.1. The molecule has 1 aromatic rings. The van der Waals surface area contributed by atoms with Crippen LogP contribution < -0.4 is 11.0 Å². The third kappa shape index (κ3) is 3.00. The zero-order valence-electron chi connectivity index (χ0n) is 9.19. The van der Waals surface area contributed by atoms with E-state index in [2.05, 4.69) is 6.92 Å². The Morgan fingerprint density at radius 3 is 2.73 bits per heavy atom. The van der Waals surface area contributed by atoms with Crippen LogP contribution in [0.3, 0.4) is 0 Å². The van der Waals surface area contributed by atoms with Crippen LogP contribution in [0.5, 0.6) is 0 Å². The van der Waals surface area contributed by atoms with E-state index in [-0.39, 0.29) is 0 Å². The van der Waals surface area contributed by atoms with E-state index in [9.17, 15) is 4.57 Å². The lowest BCUT2D eigenvalue weighted by molar-refractivity contribution is 0.408. The van der Waals surface area contributed by atoms with Crippen molar-refractivity contribution < 1.29 is 9.09 Å². The van der Waals surface area contributed by atoms with Crippen LogP contribution in [-0.4, -0.2) is 19.5 Å². The number of nitrogens with two attached hydrogens (primary N) is 1. The zero-order chi connectivity index (χ0) is 11.5. The zero-order valence-corrected chi connectivity index (χ0v) is 10.9. The van der Waals surface area contributed by atoms with E-state index in [0.29, 0.717) is 11.0 Å². The summed E-state index contributed by atoms with van der Waals surface area (Å²) in [6.45, 7) is 3.65. The predicted molar refractivity (Wildman–Crippen MR) is 67.4 cm³/mol. The number of hydrogen-bond acceptors (Lipinski definition) is 4. The van der Waals surface area contributed by atoms with Gasteiger partial charge in [-0.3, -0.25) is 4.57 Å². The molecule has 0 fully saturated rings. The standard InChI is InChI=1S/C10H16NO2PS/c1-4-15-8-5-6-9(11)10(7-8)14(3,12)13-2/h5-7H,4,11H2,1-3H3. The molecule has 84 valence electrons. The molecule has 3 nitrogen and oxygen atoms in total. The van der Waals surface area contributed by atoms with Crippen LogP contribution in [0.25, 0.3) is 0 Å². The molecule has 0 saturated heterocycles. The predicted octanol–water partition coefficient (Wildman–Crippen LogP) is 2.56. The van der Waals surface area contributed by atoms with E-state index in [1.165, 1.54) is 7.11 Å². The van der Waals surface area contributed by atoms with Gasteiger partial charge < -0.3 is 10.3 Å². The lowest BCUT2D eigenvalue weighted by Gasteiger charge is -2.14. The Hall–Kier alpha value is -0.440. The molecule has 0 saturated carbocycles. The number of thioether (sulfide) groups is 1. The van der Waals surface area contributed by atoms with Crippen LogP contribution in [0.4, 0.5) is 5.69 Å². The van der Waals surface area contributed by atoms with Gasteiger partial charge in [-0.05, 0) is 24.0 Å². The Morgan fingerprint density at radius 1 is 1.53 bits per heavy atom. The largest absolute Gasteiger partial charge is 0.398 e. The first-order valence-electron chi connectivity index (χ1n) is 4.67. The van der Waals surface area contributed by atoms with Gasteiger partial charge in [0.2, 0.25) is 7.37 Å². The lowest BCUT2D eigenvalue weighted by Crippen LogP contribution is -2.11. The van der Waals surface area contributed by atoms with E-state index >= 15 is 0 Å². The molecule has 1 unspecified atom stereocenters. The average molecular weight is 245 g/mol. The van der Waals surface area contributed by atoms with Crippen molar-refractivity contribution in [2.75, 3.05) is 25.3 Å². The quantitative estimate of drug-likeness (QED) is 0.503. The van der Waals surface area contributed by atoms with E-state index < -0.39 is 7.37 Å². The van der Waals surface area contributed by atoms with Gasteiger partial charge in [-0.15, -0.1) is 11.8 Å². The molecule has 1 aromatic carbocycles. The molecule has 1 rings (SSSR count). The summed E-state index contributed by atoms with van der Waals surface area (Å²) >= 11 is 1.69. The van der Waals surface area contributed by atoms with Gasteiger partial charge in [0.25, 0.3) is 0 Å². The van der Waals surface area contributed by atoms with Crippen molar-refractivity contribution in [3.05, 3.63) is 18.2 Å². The third-order valence-electron chi connectivity index (χ3n) is 2.10. The second-order valence-corrected chi connectivity index (χ2v) is 7.06. The Labute approximate surface area is 94.8 Å². The van der Waals surface area contributed by atoms with Crippen LogP contribution in [-0.2, 0) is 9.09 Å². The molecule has 0 spiro atoms. The normalized spacial score (nSPS) is 14.9. The Kier molecular flexibility index (Phi) is 4.26. The first-order valence-corrected chi connectivity index (χ1v) is 7.73. The molecule has 0 bridgehead atoms. The van der Waals surface area contributed by atoms with Gasteiger partial charge in [0.1, 0.15) is 0 Å². The Balaban J connectivity index is 3.16. The summed E-state index contributed by atoms with van der Waals surface area (Å²) in [5, 5.41) is 0.614. The molecule has 1 atom stereocenters. The van der Waals surface area contributed by atoms with Gasteiger partial charge in [-0.2, -0.15) is 0 Å². The van der Waals surface area contributed by atoms with E-state index in [0.717, 1.165) is 10.6 Å². The SMILES string of the molecule is CCSc1ccc(N)c(P(C)(=O)OC)c1. The summed E-state index contributed by atoms with van der Waals surface area (Å²) in [7, 11) is -1.31. The summed E-state index contributed by atoms with van der Waals surface area (Å²) in [5.41, 5.74) is 6.32. The minimum Gasteiger partial charge on any atom is -0.398 e. The van der Waals surface area contributed by atoms with Crippen LogP contribution >= 0.6 is 19.1 Å². The smallest absolute Gasteiger partial charge is 0.230 e. The van der Waals surface area contributed by atoms with E-state index in [1.54, 1.807) is 24.5 Å². The lowest BCUT2D eigenvalue weighted by atomic mass is 10.3. The van der Waals surface area contributed by atoms with E-state index in [4.69, 9.17) is 10.3 Å². The van der Waals surface area contributed by atoms with Crippen molar-refractivity contribution in [1.82, 2.24) is 0 Å². The van der Waals surface area contributed by atoms with Crippen molar-refractivity contribution in [1.29, 1.82) is 0 Å². The minimum atomic E-state index is -2.75. The fourth-order valence-corrected chi connectivity index (χ4v) is 3.13. The maximum Gasteiger partial charge on any atom is 0.230 e. The second kappa shape index (κ2) is 5.06. The van der Waals surface area contributed by atoms with Gasteiger partial charge in [0.15, 0.2) is 0 Å². The number of anilines is 1. The molecule has 0 radical (unpaired) electrons. The van der Waals surface area contributed by atoms with Crippen LogP contribution in [0, 0.1) is 0 Å². The summed E-state index contributed by atoms with van der Waals surface area (Å²) in [6.07, 6.45) is 0. The highest BCUT2D eigenvalue weighted by molar-refractivity contribution is 7.99.